The van der Waals surface area contributed by atoms with Crippen molar-refractivity contribution in [2.24, 2.45) is 0 Å². The lowest BCUT2D eigenvalue weighted by Gasteiger charge is -2.08. The molecule has 1 rings (SSSR count). The zero-order valence-corrected chi connectivity index (χ0v) is 9.84. The van der Waals surface area contributed by atoms with Crippen LogP contribution in [0.25, 0.3) is 0 Å². The van der Waals surface area contributed by atoms with Gasteiger partial charge in [0.2, 0.25) is 5.91 Å². The van der Waals surface area contributed by atoms with E-state index >= 15 is 0 Å². The molecule has 1 aromatic carbocycles. The van der Waals surface area contributed by atoms with E-state index < -0.39 is 11.9 Å². The number of nitrogens with zero attached hydrogens (tertiary/aromatic N) is 1. The zero-order chi connectivity index (χ0) is 13.0. The molecular formula is C10H6Cl2N2O3. The number of carbonyl (C=O) groups excluding carboxylic acids is 1. The molecule has 7 heteroatoms. The van der Waals surface area contributed by atoms with Crippen molar-refractivity contribution in [2.75, 3.05) is 5.32 Å². The highest BCUT2D eigenvalue weighted by Crippen LogP contribution is 2.33. The first-order chi connectivity index (χ1) is 7.97. The van der Waals surface area contributed by atoms with E-state index in [-0.39, 0.29) is 27.7 Å². The number of hydrogen-bond donors (Lipinski definition) is 2. The molecular weight excluding hydrogens is 267 g/mol. The monoisotopic (exact) mass is 272 g/mol. The molecule has 0 bridgehead atoms. The Morgan fingerprint density at radius 3 is 2.53 bits per heavy atom. The van der Waals surface area contributed by atoms with Crippen molar-refractivity contribution in [2.45, 2.75) is 6.42 Å². The Bertz CT molecular complexity index is 523. The standard InChI is InChI=1S/C10H6Cl2N2O3/c11-8-5(10(16)17)1-2-6(9(8)12)14-7(15)3-4-13/h1-2H,3H2,(H,14,15)(H,16,17). The maximum atomic E-state index is 11.1. The van der Waals surface area contributed by atoms with Crippen LogP contribution in [0.1, 0.15) is 16.8 Å². The minimum absolute atomic E-state index is 0.0714. The lowest BCUT2D eigenvalue weighted by molar-refractivity contribution is -0.115. The number of halogens is 2. The van der Waals surface area contributed by atoms with Gasteiger partial charge in [0.05, 0.1) is 27.4 Å². The number of carboxylic acid groups (broad SMARTS) is 1. The topological polar surface area (TPSA) is 90.2 Å². The predicted octanol–water partition coefficient (Wildman–Crippen LogP) is 2.54. The highest BCUT2D eigenvalue weighted by molar-refractivity contribution is 6.45. The number of amides is 1. The van der Waals surface area contributed by atoms with Gasteiger partial charge in [-0.2, -0.15) is 5.26 Å². The maximum Gasteiger partial charge on any atom is 0.337 e. The molecule has 0 saturated carbocycles. The van der Waals surface area contributed by atoms with Gasteiger partial charge in [-0.1, -0.05) is 23.2 Å². The van der Waals surface area contributed by atoms with Gasteiger partial charge in [0.15, 0.2) is 0 Å². The molecule has 17 heavy (non-hydrogen) atoms. The van der Waals surface area contributed by atoms with Crippen molar-refractivity contribution in [3.63, 3.8) is 0 Å². The van der Waals surface area contributed by atoms with E-state index in [1.165, 1.54) is 12.1 Å². The van der Waals surface area contributed by atoms with Gasteiger partial charge in [0, 0.05) is 0 Å². The summed E-state index contributed by atoms with van der Waals surface area (Å²) < 4.78 is 0. The third kappa shape index (κ3) is 3.09. The molecule has 0 unspecified atom stereocenters. The van der Waals surface area contributed by atoms with Crippen LogP contribution >= 0.6 is 23.2 Å². The van der Waals surface area contributed by atoms with Crippen LogP contribution < -0.4 is 5.32 Å². The lowest BCUT2D eigenvalue weighted by atomic mass is 10.2. The summed E-state index contributed by atoms with van der Waals surface area (Å²) in [6, 6.07) is 4.20. The second kappa shape index (κ2) is 5.53. The molecule has 0 aromatic heterocycles. The highest BCUT2D eigenvalue weighted by atomic mass is 35.5. The van der Waals surface area contributed by atoms with E-state index in [9.17, 15) is 9.59 Å². The fourth-order valence-corrected chi connectivity index (χ4v) is 1.54. The summed E-state index contributed by atoms with van der Waals surface area (Å²) in [5.41, 5.74) is 0.0110. The molecule has 0 heterocycles. The number of benzene rings is 1. The van der Waals surface area contributed by atoms with Crippen LogP contribution in [0.3, 0.4) is 0 Å². The van der Waals surface area contributed by atoms with Crippen LogP contribution in [-0.4, -0.2) is 17.0 Å². The Hall–Kier alpha value is -1.77. The molecule has 0 aliphatic carbocycles. The number of hydrogen-bond acceptors (Lipinski definition) is 3. The Labute approximate surface area is 107 Å². The quantitative estimate of drug-likeness (QED) is 0.885. The zero-order valence-electron chi connectivity index (χ0n) is 8.33. The van der Waals surface area contributed by atoms with Crippen LogP contribution in [0.5, 0.6) is 0 Å². The van der Waals surface area contributed by atoms with E-state index in [1.807, 2.05) is 0 Å². The number of aromatic carboxylic acids is 1. The van der Waals surface area contributed by atoms with Crippen LogP contribution in [0.2, 0.25) is 10.0 Å². The fourth-order valence-electron chi connectivity index (χ4n) is 1.08. The van der Waals surface area contributed by atoms with Gasteiger partial charge in [0.1, 0.15) is 6.42 Å². The molecule has 88 valence electrons. The molecule has 0 aliphatic heterocycles. The maximum absolute atomic E-state index is 11.1. The third-order valence-corrected chi connectivity index (χ3v) is 2.71. The molecule has 2 N–H and O–H groups in total. The molecule has 0 fully saturated rings. The average molecular weight is 273 g/mol. The molecule has 0 saturated heterocycles. The average Bonchev–Trinajstić information content (AvgIpc) is 2.25. The summed E-state index contributed by atoms with van der Waals surface area (Å²) in [6.07, 6.45) is -0.325. The first-order valence-corrected chi connectivity index (χ1v) is 5.11. The summed E-state index contributed by atoms with van der Waals surface area (Å²) in [5, 5.41) is 19.2. The van der Waals surface area contributed by atoms with E-state index in [2.05, 4.69) is 5.32 Å². The Kier molecular flexibility index (Phi) is 4.32. The van der Waals surface area contributed by atoms with Gasteiger partial charge in [-0.05, 0) is 12.1 Å². The normalized spacial score (nSPS) is 9.47. The molecule has 1 aromatic rings. The van der Waals surface area contributed by atoms with Crippen molar-refractivity contribution in [1.82, 2.24) is 0 Å². The van der Waals surface area contributed by atoms with Crippen molar-refractivity contribution in [1.29, 1.82) is 5.26 Å². The smallest absolute Gasteiger partial charge is 0.337 e. The van der Waals surface area contributed by atoms with Gasteiger partial charge in [-0.15, -0.1) is 0 Å². The SMILES string of the molecule is N#CCC(=O)Nc1ccc(C(=O)O)c(Cl)c1Cl. The molecule has 0 radical (unpaired) electrons. The summed E-state index contributed by atoms with van der Waals surface area (Å²) in [7, 11) is 0. The first-order valence-electron chi connectivity index (χ1n) is 4.35. The van der Waals surface area contributed by atoms with Gasteiger partial charge in [-0.3, -0.25) is 4.79 Å². The van der Waals surface area contributed by atoms with Gasteiger partial charge in [0.25, 0.3) is 0 Å². The third-order valence-electron chi connectivity index (χ3n) is 1.83. The predicted molar refractivity (Wildman–Crippen MR) is 62.3 cm³/mol. The van der Waals surface area contributed by atoms with Crippen LogP contribution in [0, 0.1) is 11.3 Å². The Morgan fingerprint density at radius 1 is 1.35 bits per heavy atom. The number of rotatable bonds is 3. The van der Waals surface area contributed by atoms with Crippen molar-refractivity contribution >= 4 is 40.8 Å². The number of carbonyl (C=O) groups is 2. The van der Waals surface area contributed by atoms with Crippen molar-refractivity contribution in [3.8, 4) is 6.07 Å². The van der Waals surface area contributed by atoms with Crippen LogP contribution in [-0.2, 0) is 4.79 Å². The summed E-state index contributed by atoms with van der Waals surface area (Å²) in [4.78, 5) is 21.9. The Morgan fingerprint density at radius 2 is 2.00 bits per heavy atom. The summed E-state index contributed by atoms with van der Waals surface area (Å²) in [6.45, 7) is 0. The number of nitrogens with one attached hydrogen (secondary N) is 1. The molecule has 5 nitrogen and oxygen atoms in total. The van der Waals surface area contributed by atoms with Gasteiger partial charge in [-0.25, -0.2) is 4.79 Å². The van der Waals surface area contributed by atoms with Crippen LogP contribution in [0.4, 0.5) is 5.69 Å². The summed E-state index contributed by atoms with van der Waals surface area (Å²) >= 11 is 11.5. The molecule has 0 atom stereocenters. The Balaban J connectivity index is 3.05. The van der Waals surface area contributed by atoms with E-state index in [4.69, 9.17) is 33.6 Å². The first kappa shape index (κ1) is 13.3. The van der Waals surface area contributed by atoms with E-state index in [0.29, 0.717) is 0 Å². The minimum atomic E-state index is -1.22. The molecule has 1 amide bonds. The van der Waals surface area contributed by atoms with Crippen molar-refractivity contribution < 1.29 is 14.7 Å². The van der Waals surface area contributed by atoms with E-state index in [0.717, 1.165) is 0 Å². The van der Waals surface area contributed by atoms with E-state index in [1.54, 1.807) is 6.07 Å². The fraction of sp³-hybridized carbons (Fsp3) is 0.100. The van der Waals surface area contributed by atoms with Crippen molar-refractivity contribution in [3.05, 3.63) is 27.7 Å². The number of anilines is 1. The van der Waals surface area contributed by atoms with Crippen LogP contribution in [0.15, 0.2) is 12.1 Å². The minimum Gasteiger partial charge on any atom is -0.478 e. The second-order valence-corrected chi connectivity index (χ2v) is 3.73. The highest BCUT2D eigenvalue weighted by Gasteiger charge is 2.15. The number of nitriles is 1. The van der Waals surface area contributed by atoms with Gasteiger partial charge >= 0.3 is 5.97 Å². The molecule has 0 spiro atoms. The molecule has 0 aliphatic rings. The lowest BCUT2D eigenvalue weighted by Crippen LogP contribution is -2.11. The largest absolute Gasteiger partial charge is 0.478 e. The second-order valence-electron chi connectivity index (χ2n) is 2.98. The number of carboxylic acids is 1. The summed E-state index contributed by atoms with van der Waals surface area (Å²) in [5.74, 6) is -1.76. The van der Waals surface area contributed by atoms with Gasteiger partial charge < -0.3 is 10.4 Å².